The van der Waals surface area contributed by atoms with Crippen LogP contribution in [-0.2, 0) is 20.1 Å². The maximum absolute atomic E-state index is 5.48. The van der Waals surface area contributed by atoms with E-state index >= 15 is 0 Å². The molecular weight excluding hydrogens is 332 g/mol. The van der Waals surface area contributed by atoms with Crippen molar-refractivity contribution >= 4 is 5.96 Å². The maximum atomic E-state index is 5.48. The van der Waals surface area contributed by atoms with E-state index in [1.54, 1.807) is 28.4 Å². The fourth-order valence-corrected chi connectivity index (χ4v) is 2.77. The van der Waals surface area contributed by atoms with Crippen LogP contribution in [0.5, 0.6) is 17.2 Å². The molecule has 2 rings (SSSR count). The first-order valence-electron chi connectivity index (χ1n) is 8.34. The molecule has 26 heavy (non-hydrogen) atoms. The minimum Gasteiger partial charge on any atom is -0.496 e. The molecule has 0 bridgehead atoms. The Kier molecular flexibility index (Phi) is 6.77. The van der Waals surface area contributed by atoms with E-state index in [-0.39, 0.29) is 0 Å². The molecular formula is C19H28N4O3. The van der Waals surface area contributed by atoms with Gasteiger partial charge < -0.3 is 29.0 Å². The molecule has 0 radical (unpaired) electrons. The van der Waals surface area contributed by atoms with Gasteiger partial charge in [-0.2, -0.15) is 0 Å². The zero-order valence-corrected chi connectivity index (χ0v) is 16.4. The summed E-state index contributed by atoms with van der Waals surface area (Å²) in [5.41, 5.74) is 2.16. The maximum Gasteiger partial charge on any atom is 0.194 e. The van der Waals surface area contributed by atoms with Crippen LogP contribution in [0.1, 0.15) is 11.3 Å². The highest BCUT2D eigenvalue weighted by Gasteiger charge is 2.14. The summed E-state index contributed by atoms with van der Waals surface area (Å²) in [6.07, 6.45) is 2.04. The van der Waals surface area contributed by atoms with Gasteiger partial charge >= 0.3 is 0 Å². The Morgan fingerprint density at radius 3 is 2.31 bits per heavy atom. The first-order valence-corrected chi connectivity index (χ1v) is 8.34. The quantitative estimate of drug-likeness (QED) is 0.606. The third-order valence-electron chi connectivity index (χ3n) is 4.25. The van der Waals surface area contributed by atoms with Crippen LogP contribution in [-0.4, -0.2) is 50.9 Å². The van der Waals surface area contributed by atoms with Crippen LogP contribution in [0.15, 0.2) is 35.5 Å². The molecule has 1 aromatic carbocycles. The predicted octanol–water partition coefficient (Wildman–Crippen LogP) is 2.26. The van der Waals surface area contributed by atoms with Crippen molar-refractivity contribution in [1.29, 1.82) is 0 Å². The lowest BCUT2D eigenvalue weighted by Crippen LogP contribution is -2.38. The van der Waals surface area contributed by atoms with Gasteiger partial charge in [0, 0.05) is 51.2 Å². The predicted molar refractivity (Wildman–Crippen MR) is 103 cm³/mol. The molecule has 1 aromatic heterocycles. The normalized spacial score (nSPS) is 11.2. The third-order valence-corrected chi connectivity index (χ3v) is 4.25. The number of guanidine groups is 1. The second-order valence-electron chi connectivity index (χ2n) is 5.89. The first kappa shape index (κ1) is 19.5. The van der Waals surface area contributed by atoms with Gasteiger partial charge in [0.15, 0.2) is 17.5 Å². The van der Waals surface area contributed by atoms with Crippen molar-refractivity contribution in [3.63, 3.8) is 0 Å². The van der Waals surface area contributed by atoms with E-state index in [1.165, 1.54) is 5.69 Å². The molecule has 0 aliphatic carbocycles. The van der Waals surface area contributed by atoms with E-state index < -0.39 is 0 Å². The van der Waals surface area contributed by atoms with Gasteiger partial charge in [0.05, 0.1) is 27.9 Å². The number of hydrogen-bond donors (Lipinski definition) is 1. The lowest BCUT2D eigenvalue weighted by Gasteiger charge is -2.23. The average molecular weight is 360 g/mol. The highest BCUT2D eigenvalue weighted by atomic mass is 16.5. The standard InChI is InChI=1S/C19H28N4O3/c1-20-19(23(3)13-15-8-7-9-22(15)2)21-12-14-10-17(25-5)18(26-6)11-16(14)24-4/h7-11H,12-13H2,1-6H3,(H,20,21). The number of benzene rings is 1. The number of nitrogens with one attached hydrogen (secondary N) is 1. The van der Waals surface area contributed by atoms with Crippen LogP contribution in [0.4, 0.5) is 0 Å². The number of rotatable bonds is 7. The van der Waals surface area contributed by atoms with E-state index in [9.17, 15) is 0 Å². The minimum atomic E-state index is 0.549. The largest absolute Gasteiger partial charge is 0.496 e. The van der Waals surface area contributed by atoms with Crippen molar-refractivity contribution in [1.82, 2.24) is 14.8 Å². The third kappa shape index (κ3) is 4.41. The second kappa shape index (κ2) is 9.03. The van der Waals surface area contributed by atoms with Crippen LogP contribution < -0.4 is 19.5 Å². The molecule has 0 saturated heterocycles. The van der Waals surface area contributed by atoms with Gasteiger partial charge in [-0.05, 0) is 18.2 Å². The summed E-state index contributed by atoms with van der Waals surface area (Å²) in [5.74, 6) is 2.83. The molecule has 0 fully saturated rings. The van der Waals surface area contributed by atoms with Gasteiger partial charge in [-0.25, -0.2) is 0 Å². The number of methoxy groups -OCH3 is 3. The zero-order valence-electron chi connectivity index (χ0n) is 16.4. The molecule has 2 aromatic rings. The topological polar surface area (TPSA) is 60.3 Å². The first-order chi connectivity index (χ1) is 12.5. The van der Waals surface area contributed by atoms with Gasteiger partial charge in [-0.15, -0.1) is 0 Å². The van der Waals surface area contributed by atoms with Gasteiger partial charge in [0.25, 0.3) is 0 Å². The van der Waals surface area contributed by atoms with Gasteiger partial charge in [-0.3, -0.25) is 4.99 Å². The molecule has 0 spiro atoms. The Bertz CT molecular complexity index is 755. The molecule has 7 nitrogen and oxygen atoms in total. The number of aryl methyl sites for hydroxylation is 1. The average Bonchev–Trinajstić information content (AvgIpc) is 3.06. The summed E-state index contributed by atoms with van der Waals surface area (Å²) < 4.78 is 18.3. The lowest BCUT2D eigenvalue weighted by molar-refractivity contribution is 0.347. The minimum absolute atomic E-state index is 0.549. The smallest absolute Gasteiger partial charge is 0.194 e. The van der Waals surface area contributed by atoms with E-state index in [0.29, 0.717) is 18.0 Å². The molecule has 0 atom stereocenters. The van der Waals surface area contributed by atoms with Gasteiger partial charge in [0.1, 0.15) is 5.75 Å². The highest BCUT2D eigenvalue weighted by molar-refractivity contribution is 5.79. The summed E-state index contributed by atoms with van der Waals surface area (Å²) in [6.45, 7) is 1.31. The second-order valence-corrected chi connectivity index (χ2v) is 5.89. The monoisotopic (exact) mass is 360 g/mol. The van der Waals surface area contributed by atoms with Crippen LogP contribution in [0.2, 0.25) is 0 Å². The molecule has 1 heterocycles. The molecule has 7 heteroatoms. The van der Waals surface area contributed by atoms with Crippen molar-refractivity contribution < 1.29 is 14.2 Å². The van der Waals surface area contributed by atoms with Gasteiger partial charge in [0.2, 0.25) is 0 Å². The van der Waals surface area contributed by atoms with E-state index in [1.807, 2.05) is 38.5 Å². The van der Waals surface area contributed by atoms with Crippen molar-refractivity contribution in [2.75, 3.05) is 35.4 Å². The van der Waals surface area contributed by atoms with Crippen molar-refractivity contribution in [3.05, 3.63) is 41.7 Å². The molecule has 142 valence electrons. The van der Waals surface area contributed by atoms with Crippen LogP contribution >= 0.6 is 0 Å². The van der Waals surface area contributed by atoms with E-state index in [0.717, 1.165) is 23.8 Å². The van der Waals surface area contributed by atoms with Crippen LogP contribution in [0.3, 0.4) is 0 Å². The number of ether oxygens (including phenoxy) is 3. The Balaban J connectivity index is 2.11. The summed E-state index contributed by atoms with van der Waals surface area (Å²) in [5, 5.41) is 3.37. The number of aromatic nitrogens is 1. The van der Waals surface area contributed by atoms with Gasteiger partial charge in [-0.1, -0.05) is 0 Å². The Morgan fingerprint density at radius 2 is 1.77 bits per heavy atom. The number of hydrogen-bond acceptors (Lipinski definition) is 4. The fraction of sp³-hybridized carbons (Fsp3) is 0.421. The van der Waals surface area contributed by atoms with Crippen molar-refractivity contribution in [3.8, 4) is 17.2 Å². The molecule has 0 aliphatic rings. The van der Waals surface area contributed by atoms with E-state index in [2.05, 4.69) is 25.8 Å². The summed E-state index contributed by atoms with van der Waals surface area (Å²) in [4.78, 5) is 6.44. The lowest BCUT2D eigenvalue weighted by atomic mass is 10.1. The molecule has 0 amide bonds. The Hall–Kier alpha value is -2.83. The highest BCUT2D eigenvalue weighted by Crippen LogP contribution is 2.34. The van der Waals surface area contributed by atoms with E-state index in [4.69, 9.17) is 14.2 Å². The Morgan fingerprint density at radius 1 is 1.12 bits per heavy atom. The van der Waals surface area contributed by atoms with Crippen LogP contribution in [0, 0.1) is 0 Å². The fourth-order valence-electron chi connectivity index (χ4n) is 2.77. The zero-order chi connectivity index (χ0) is 19.1. The SMILES string of the molecule is CN=C(NCc1cc(OC)c(OC)cc1OC)N(C)Cc1cccn1C. The molecule has 0 aliphatic heterocycles. The molecule has 0 saturated carbocycles. The summed E-state index contributed by atoms with van der Waals surface area (Å²) >= 11 is 0. The molecule has 0 unspecified atom stereocenters. The summed E-state index contributed by atoms with van der Waals surface area (Å²) in [7, 11) is 10.7. The molecule has 1 N–H and O–H groups in total. The number of nitrogens with zero attached hydrogens (tertiary/aromatic N) is 3. The summed E-state index contributed by atoms with van der Waals surface area (Å²) in [6, 6.07) is 7.87. The van der Waals surface area contributed by atoms with Crippen molar-refractivity contribution in [2.45, 2.75) is 13.1 Å². The number of aliphatic imine (C=N–C) groups is 1. The van der Waals surface area contributed by atoms with Crippen LogP contribution in [0.25, 0.3) is 0 Å². The Labute approximate surface area is 155 Å². The van der Waals surface area contributed by atoms with Crippen molar-refractivity contribution in [2.24, 2.45) is 12.0 Å².